The summed E-state index contributed by atoms with van der Waals surface area (Å²) < 4.78 is 0. The Labute approximate surface area is 135 Å². The summed E-state index contributed by atoms with van der Waals surface area (Å²) in [5, 5.41) is 0. The van der Waals surface area contributed by atoms with Crippen LogP contribution in [0, 0.1) is 0 Å². The monoisotopic (exact) mass is 292 g/mol. The minimum absolute atomic E-state index is 1.02. The molecular formula is C22H28. The molecule has 0 aliphatic carbocycles. The second-order valence-corrected chi connectivity index (χ2v) is 6.15. The Balaban J connectivity index is 1.80. The predicted octanol–water partition coefficient (Wildman–Crippen LogP) is 6.81. The number of benzene rings is 2. The van der Waals surface area contributed by atoms with Gasteiger partial charge >= 0.3 is 0 Å². The molecule has 116 valence electrons. The molecule has 0 atom stereocenters. The molecule has 0 unspecified atom stereocenters. The van der Waals surface area contributed by atoms with E-state index in [0.717, 1.165) is 6.42 Å². The second kappa shape index (κ2) is 9.25. The van der Waals surface area contributed by atoms with Crippen molar-refractivity contribution >= 4 is 0 Å². The third-order valence-electron chi connectivity index (χ3n) is 4.15. The van der Waals surface area contributed by atoms with Gasteiger partial charge in [-0.05, 0) is 36.0 Å². The third-order valence-corrected chi connectivity index (χ3v) is 4.15. The van der Waals surface area contributed by atoms with Crippen LogP contribution < -0.4 is 0 Å². The van der Waals surface area contributed by atoms with E-state index in [-0.39, 0.29) is 0 Å². The highest BCUT2D eigenvalue weighted by molar-refractivity contribution is 5.63. The van der Waals surface area contributed by atoms with Gasteiger partial charge in [0, 0.05) is 0 Å². The van der Waals surface area contributed by atoms with E-state index in [4.69, 9.17) is 0 Å². The largest absolute Gasteiger partial charge is 0.0995 e. The van der Waals surface area contributed by atoms with Crippen LogP contribution in [0.2, 0.25) is 0 Å². The first-order valence-electron chi connectivity index (χ1n) is 8.60. The van der Waals surface area contributed by atoms with Crippen molar-refractivity contribution in [1.29, 1.82) is 0 Å². The van der Waals surface area contributed by atoms with Crippen LogP contribution in [-0.4, -0.2) is 0 Å². The van der Waals surface area contributed by atoms with Gasteiger partial charge in [0.2, 0.25) is 0 Å². The van der Waals surface area contributed by atoms with E-state index in [1.54, 1.807) is 0 Å². The van der Waals surface area contributed by atoms with Gasteiger partial charge in [0.25, 0.3) is 0 Å². The lowest BCUT2D eigenvalue weighted by atomic mass is 9.98. The van der Waals surface area contributed by atoms with E-state index < -0.39 is 0 Å². The van der Waals surface area contributed by atoms with Gasteiger partial charge in [-0.1, -0.05) is 99.4 Å². The van der Waals surface area contributed by atoms with E-state index in [0.29, 0.717) is 0 Å². The van der Waals surface area contributed by atoms with Gasteiger partial charge in [0.1, 0.15) is 0 Å². The van der Waals surface area contributed by atoms with Gasteiger partial charge in [-0.15, -0.1) is 0 Å². The summed E-state index contributed by atoms with van der Waals surface area (Å²) in [5.41, 5.74) is 5.31. The average Bonchev–Trinajstić information content (AvgIpc) is 2.56. The molecule has 0 spiro atoms. The van der Waals surface area contributed by atoms with Crippen molar-refractivity contribution in [2.24, 2.45) is 0 Å². The van der Waals surface area contributed by atoms with Crippen molar-refractivity contribution in [1.82, 2.24) is 0 Å². The highest BCUT2D eigenvalue weighted by atomic mass is 14.1. The molecule has 2 aromatic carbocycles. The third kappa shape index (κ3) is 5.52. The summed E-state index contributed by atoms with van der Waals surface area (Å²) in [6.07, 6.45) is 8.88. The highest BCUT2D eigenvalue weighted by Gasteiger charge is 2.00. The van der Waals surface area contributed by atoms with Crippen LogP contribution in [0.4, 0.5) is 0 Å². The Morgan fingerprint density at radius 2 is 1.41 bits per heavy atom. The molecule has 0 saturated carbocycles. The van der Waals surface area contributed by atoms with Crippen LogP contribution in [0.3, 0.4) is 0 Å². The van der Waals surface area contributed by atoms with Gasteiger partial charge in [-0.2, -0.15) is 0 Å². The maximum absolute atomic E-state index is 4.25. The smallest absolute Gasteiger partial charge is 0.00698 e. The van der Waals surface area contributed by atoms with Crippen LogP contribution in [0.5, 0.6) is 0 Å². The van der Waals surface area contributed by atoms with Gasteiger partial charge in [0.05, 0.1) is 0 Å². The quantitative estimate of drug-likeness (QED) is 0.351. The average molecular weight is 292 g/mol. The number of hydrogen-bond donors (Lipinski definition) is 0. The first-order chi connectivity index (χ1) is 10.8. The first kappa shape index (κ1) is 16.5. The lowest BCUT2D eigenvalue weighted by molar-refractivity contribution is 0.628. The van der Waals surface area contributed by atoms with E-state index in [2.05, 4.69) is 68.1 Å². The second-order valence-electron chi connectivity index (χ2n) is 6.15. The highest BCUT2D eigenvalue weighted by Crippen LogP contribution is 2.21. The minimum Gasteiger partial charge on any atom is -0.0995 e. The maximum Gasteiger partial charge on any atom is -0.00698 e. The summed E-state index contributed by atoms with van der Waals surface area (Å²) in [5.74, 6) is 0. The zero-order valence-corrected chi connectivity index (χ0v) is 13.9. The van der Waals surface area contributed by atoms with Gasteiger partial charge < -0.3 is 0 Å². The molecule has 0 N–H and O–H groups in total. The molecule has 0 nitrogen and oxygen atoms in total. The van der Waals surface area contributed by atoms with Crippen LogP contribution in [0.15, 0.2) is 66.7 Å². The summed E-state index contributed by atoms with van der Waals surface area (Å²) in [4.78, 5) is 0. The van der Waals surface area contributed by atoms with Crippen molar-refractivity contribution in [2.75, 3.05) is 0 Å². The molecule has 0 aliphatic rings. The van der Waals surface area contributed by atoms with Crippen LogP contribution in [0.25, 0.3) is 11.1 Å². The van der Waals surface area contributed by atoms with Crippen molar-refractivity contribution in [3.05, 3.63) is 72.3 Å². The maximum atomic E-state index is 4.25. The Morgan fingerprint density at radius 1 is 0.773 bits per heavy atom. The molecule has 0 radical (unpaired) electrons. The van der Waals surface area contributed by atoms with Crippen molar-refractivity contribution in [3.8, 4) is 11.1 Å². The van der Waals surface area contributed by atoms with Crippen molar-refractivity contribution in [3.63, 3.8) is 0 Å². The van der Waals surface area contributed by atoms with Gasteiger partial charge in [0.15, 0.2) is 0 Å². The Hall–Kier alpha value is -1.82. The summed E-state index contributed by atoms with van der Waals surface area (Å²) in [6.45, 7) is 6.51. The topological polar surface area (TPSA) is 0 Å². The van der Waals surface area contributed by atoms with Crippen LogP contribution >= 0.6 is 0 Å². The molecule has 0 aliphatic heterocycles. The number of unbranched alkanes of at least 4 members (excludes halogenated alkanes) is 4. The number of hydrogen-bond acceptors (Lipinski definition) is 0. The summed E-state index contributed by atoms with van der Waals surface area (Å²) >= 11 is 0. The standard InChI is InChI=1S/C22H28/c1-3-4-5-6-8-11-19(2)18-20-14-16-22(17-15-20)21-12-9-7-10-13-21/h7,9-10,12-17H,2-6,8,11,18H2,1H3. The molecule has 0 fully saturated rings. The molecule has 0 bridgehead atoms. The zero-order chi connectivity index (χ0) is 15.6. The first-order valence-corrected chi connectivity index (χ1v) is 8.60. The fourth-order valence-corrected chi connectivity index (χ4v) is 2.80. The lowest BCUT2D eigenvalue weighted by Crippen LogP contribution is -1.90. The molecule has 0 aromatic heterocycles. The van der Waals surface area contributed by atoms with Gasteiger partial charge in [-0.25, -0.2) is 0 Å². The van der Waals surface area contributed by atoms with E-state index in [1.807, 2.05) is 0 Å². The van der Waals surface area contributed by atoms with Gasteiger partial charge in [-0.3, -0.25) is 0 Å². The Morgan fingerprint density at radius 3 is 2.09 bits per heavy atom. The molecule has 0 heteroatoms. The fraction of sp³-hybridized carbons (Fsp3) is 0.364. The lowest BCUT2D eigenvalue weighted by Gasteiger charge is -2.07. The van der Waals surface area contributed by atoms with Crippen molar-refractivity contribution in [2.45, 2.75) is 51.9 Å². The SMILES string of the molecule is C=C(CCCCCCC)Cc1ccc(-c2ccccc2)cc1. The molecular weight excluding hydrogens is 264 g/mol. The molecule has 0 heterocycles. The molecule has 2 aromatic rings. The Bertz CT molecular complexity index is 548. The fourth-order valence-electron chi connectivity index (χ4n) is 2.80. The minimum atomic E-state index is 1.02. The normalized spacial score (nSPS) is 10.6. The molecule has 22 heavy (non-hydrogen) atoms. The Kier molecular flexibility index (Phi) is 6.96. The zero-order valence-electron chi connectivity index (χ0n) is 13.9. The number of allylic oxidation sites excluding steroid dienone is 1. The van der Waals surface area contributed by atoms with Crippen LogP contribution in [-0.2, 0) is 6.42 Å². The van der Waals surface area contributed by atoms with Crippen LogP contribution in [0.1, 0.15) is 51.0 Å². The molecule has 0 amide bonds. The van der Waals surface area contributed by atoms with E-state index in [9.17, 15) is 0 Å². The summed E-state index contributed by atoms with van der Waals surface area (Å²) in [6, 6.07) is 19.5. The van der Waals surface area contributed by atoms with E-state index in [1.165, 1.54) is 60.8 Å². The summed E-state index contributed by atoms with van der Waals surface area (Å²) in [7, 11) is 0. The molecule has 2 rings (SSSR count). The van der Waals surface area contributed by atoms with E-state index >= 15 is 0 Å². The number of rotatable bonds is 9. The molecule has 0 saturated heterocycles. The van der Waals surface area contributed by atoms with Crippen molar-refractivity contribution < 1.29 is 0 Å². The predicted molar refractivity (Wildman–Crippen MR) is 98.1 cm³/mol.